The molecule has 110 valence electrons. The van der Waals surface area contributed by atoms with Crippen LogP contribution in [0.5, 0.6) is 0 Å². The van der Waals surface area contributed by atoms with E-state index in [2.05, 4.69) is 5.32 Å². The van der Waals surface area contributed by atoms with Crippen LogP contribution in [0.3, 0.4) is 0 Å². The highest BCUT2D eigenvalue weighted by Crippen LogP contribution is 2.47. The molecule has 1 aliphatic rings. The van der Waals surface area contributed by atoms with Crippen LogP contribution in [0.25, 0.3) is 0 Å². The topological polar surface area (TPSA) is 81.2 Å². The van der Waals surface area contributed by atoms with Gasteiger partial charge in [0.25, 0.3) is 5.69 Å². The average Bonchev–Trinajstić information content (AvgIpc) is 2.77. The first-order valence-electron chi connectivity index (χ1n) is 6.68. The van der Waals surface area contributed by atoms with Gasteiger partial charge >= 0.3 is 0 Å². The minimum atomic E-state index is -0.602. The molecule has 0 aromatic heterocycles. The van der Waals surface area contributed by atoms with Crippen molar-refractivity contribution >= 4 is 11.4 Å². The lowest BCUT2D eigenvalue weighted by Gasteiger charge is -2.42. The first-order valence-corrected chi connectivity index (χ1v) is 6.68. The van der Waals surface area contributed by atoms with Gasteiger partial charge in [0, 0.05) is 17.7 Å². The molecule has 1 aliphatic heterocycles. The molecule has 1 aromatic rings. The zero-order chi connectivity index (χ0) is 15.1. The number of hydrogen-bond acceptors (Lipinski definition) is 4. The summed E-state index contributed by atoms with van der Waals surface area (Å²) in [5.41, 5.74) is 4.63. The summed E-state index contributed by atoms with van der Waals surface area (Å²) in [6.07, 6.45) is 1.66. The van der Waals surface area contributed by atoms with Crippen LogP contribution in [0.4, 0.5) is 15.8 Å². The van der Waals surface area contributed by atoms with Gasteiger partial charge in [-0.15, -0.1) is 0 Å². The standard InChI is InChI=1S/C14H20FN3O2/c1-13(2,3)14(5-4-6-17-14)9-7-12(18(19)20)11(16)8-10(9)15/h7-8,17H,4-6,16H2,1-3H3. The van der Waals surface area contributed by atoms with Crippen molar-refractivity contribution in [2.24, 2.45) is 5.41 Å². The largest absolute Gasteiger partial charge is 0.393 e. The fraction of sp³-hybridized carbons (Fsp3) is 0.571. The Kier molecular flexibility index (Phi) is 3.46. The molecule has 1 saturated heterocycles. The van der Waals surface area contributed by atoms with E-state index in [4.69, 9.17) is 5.73 Å². The van der Waals surface area contributed by atoms with Crippen molar-refractivity contribution in [1.29, 1.82) is 0 Å². The zero-order valence-electron chi connectivity index (χ0n) is 12.0. The van der Waals surface area contributed by atoms with Crippen LogP contribution in [0, 0.1) is 21.3 Å². The molecule has 0 aliphatic carbocycles. The van der Waals surface area contributed by atoms with Crippen molar-refractivity contribution < 1.29 is 9.31 Å². The van der Waals surface area contributed by atoms with E-state index in [9.17, 15) is 14.5 Å². The molecule has 3 N–H and O–H groups in total. The predicted molar refractivity (Wildman–Crippen MR) is 75.8 cm³/mol. The molecular formula is C14H20FN3O2. The van der Waals surface area contributed by atoms with E-state index >= 15 is 0 Å². The zero-order valence-corrected chi connectivity index (χ0v) is 12.0. The van der Waals surface area contributed by atoms with E-state index in [1.807, 2.05) is 20.8 Å². The number of rotatable bonds is 2. The van der Waals surface area contributed by atoms with Crippen LogP contribution in [-0.4, -0.2) is 11.5 Å². The third-order valence-corrected chi connectivity index (χ3v) is 4.21. The highest BCUT2D eigenvalue weighted by molar-refractivity contribution is 5.60. The smallest absolute Gasteiger partial charge is 0.292 e. The third kappa shape index (κ3) is 2.14. The second-order valence-electron chi connectivity index (χ2n) is 6.33. The van der Waals surface area contributed by atoms with E-state index in [-0.39, 0.29) is 16.8 Å². The minimum Gasteiger partial charge on any atom is -0.393 e. The second kappa shape index (κ2) is 4.70. The van der Waals surface area contributed by atoms with Gasteiger partial charge in [0.05, 0.1) is 10.5 Å². The summed E-state index contributed by atoms with van der Waals surface area (Å²) >= 11 is 0. The number of anilines is 1. The van der Waals surface area contributed by atoms with Gasteiger partial charge in [-0.25, -0.2) is 4.39 Å². The molecule has 0 radical (unpaired) electrons. The highest BCUT2D eigenvalue weighted by atomic mass is 19.1. The molecule has 1 fully saturated rings. The molecule has 5 nitrogen and oxygen atoms in total. The van der Waals surface area contributed by atoms with Crippen molar-refractivity contribution in [2.75, 3.05) is 12.3 Å². The summed E-state index contributed by atoms with van der Waals surface area (Å²) < 4.78 is 14.4. The monoisotopic (exact) mass is 281 g/mol. The van der Waals surface area contributed by atoms with Gasteiger partial charge in [-0.2, -0.15) is 0 Å². The Morgan fingerprint density at radius 2 is 2.10 bits per heavy atom. The number of nitrogens with two attached hydrogens (primary N) is 1. The van der Waals surface area contributed by atoms with Crippen molar-refractivity contribution in [3.63, 3.8) is 0 Å². The van der Waals surface area contributed by atoms with Gasteiger partial charge in [-0.05, 0) is 24.8 Å². The molecule has 1 heterocycles. The van der Waals surface area contributed by atoms with Crippen LogP contribution in [-0.2, 0) is 5.54 Å². The Morgan fingerprint density at radius 1 is 1.45 bits per heavy atom. The second-order valence-corrected chi connectivity index (χ2v) is 6.33. The van der Waals surface area contributed by atoms with Gasteiger partial charge in [0.15, 0.2) is 0 Å². The fourth-order valence-electron chi connectivity index (χ4n) is 3.08. The fourth-order valence-corrected chi connectivity index (χ4v) is 3.08. The molecule has 1 aromatic carbocycles. The molecule has 1 atom stereocenters. The van der Waals surface area contributed by atoms with Gasteiger partial charge in [-0.3, -0.25) is 10.1 Å². The van der Waals surface area contributed by atoms with Gasteiger partial charge in [-0.1, -0.05) is 20.8 Å². The van der Waals surface area contributed by atoms with Crippen LogP contribution in [0.2, 0.25) is 0 Å². The quantitative estimate of drug-likeness (QED) is 0.496. The minimum absolute atomic E-state index is 0.140. The molecule has 2 rings (SSSR count). The van der Waals surface area contributed by atoms with Crippen molar-refractivity contribution in [3.05, 3.63) is 33.6 Å². The Labute approximate surface area is 117 Å². The number of nitro benzene ring substituents is 1. The van der Waals surface area contributed by atoms with E-state index in [0.717, 1.165) is 25.5 Å². The van der Waals surface area contributed by atoms with Gasteiger partial charge < -0.3 is 11.1 Å². The van der Waals surface area contributed by atoms with Crippen LogP contribution < -0.4 is 11.1 Å². The Bertz CT molecular complexity index is 546. The predicted octanol–water partition coefficient (Wildman–Crippen LogP) is 2.94. The molecule has 20 heavy (non-hydrogen) atoms. The third-order valence-electron chi connectivity index (χ3n) is 4.21. The first kappa shape index (κ1) is 14.7. The number of benzene rings is 1. The number of hydrogen-bond donors (Lipinski definition) is 2. The Morgan fingerprint density at radius 3 is 2.55 bits per heavy atom. The number of halogens is 1. The molecule has 0 spiro atoms. The van der Waals surface area contributed by atoms with Gasteiger partial charge in [0.1, 0.15) is 11.5 Å². The summed E-state index contributed by atoms with van der Waals surface area (Å²) in [7, 11) is 0. The normalized spacial score (nSPS) is 23.0. The van der Waals surface area contributed by atoms with Crippen molar-refractivity contribution in [1.82, 2.24) is 5.32 Å². The maximum Gasteiger partial charge on any atom is 0.292 e. The van der Waals surface area contributed by atoms with E-state index in [0.29, 0.717) is 5.56 Å². The highest BCUT2D eigenvalue weighted by Gasteiger charge is 2.47. The Balaban J connectivity index is 2.66. The number of nitro groups is 1. The van der Waals surface area contributed by atoms with Crippen LogP contribution in [0.1, 0.15) is 39.2 Å². The summed E-state index contributed by atoms with van der Waals surface area (Å²) in [4.78, 5) is 10.5. The lowest BCUT2D eigenvalue weighted by Crippen LogP contribution is -2.48. The summed E-state index contributed by atoms with van der Waals surface area (Å²) in [5.74, 6) is -0.488. The van der Waals surface area contributed by atoms with Crippen molar-refractivity contribution in [2.45, 2.75) is 39.2 Å². The summed E-state index contributed by atoms with van der Waals surface area (Å²) in [5, 5.41) is 14.4. The Hall–Kier alpha value is -1.69. The number of nitrogens with zero attached hydrogens (tertiary/aromatic N) is 1. The maximum atomic E-state index is 14.4. The van der Waals surface area contributed by atoms with E-state index < -0.39 is 16.3 Å². The van der Waals surface area contributed by atoms with Crippen LogP contribution >= 0.6 is 0 Å². The first-order chi connectivity index (χ1) is 9.19. The van der Waals surface area contributed by atoms with E-state index in [1.54, 1.807) is 0 Å². The average molecular weight is 281 g/mol. The summed E-state index contributed by atoms with van der Waals surface area (Å²) in [6, 6.07) is 2.34. The lowest BCUT2D eigenvalue weighted by molar-refractivity contribution is -0.384. The molecule has 0 saturated carbocycles. The molecule has 1 unspecified atom stereocenters. The maximum absolute atomic E-state index is 14.4. The molecule has 0 amide bonds. The van der Waals surface area contributed by atoms with Crippen LogP contribution in [0.15, 0.2) is 12.1 Å². The van der Waals surface area contributed by atoms with E-state index in [1.165, 1.54) is 6.07 Å². The van der Waals surface area contributed by atoms with Gasteiger partial charge in [0.2, 0.25) is 0 Å². The molecular weight excluding hydrogens is 261 g/mol. The molecule has 0 bridgehead atoms. The number of nitrogens with one attached hydrogen (secondary N) is 1. The SMILES string of the molecule is CC(C)(C)C1(c2cc([N+](=O)[O-])c(N)cc2F)CCCN1. The lowest BCUT2D eigenvalue weighted by atomic mass is 9.68. The molecule has 6 heteroatoms. The van der Waals surface area contributed by atoms with Crippen molar-refractivity contribution in [3.8, 4) is 0 Å². The number of nitrogen functional groups attached to an aromatic ring is 1. The summed E-state index contributed by atoms with van der Waals surface area (Å²) in [6.45, 7) is 6.79.